The highest BCUT2D eigenvalue weighted by atomic mass is 16.5. The summed E-state index contributed by atoms with van der Waals surface area (Å²) in [5, 5.41) is 0. The van der Waals surface area contributed by atoms with Gasteiger partial charge in [-0.25, -0.2) is 0 Å². The van der Waals surface area contributed by atoms with Crippen LogP contribution in [0.15, 0.2) is 24.3 Å². The number of Topliss-reactive ketones (excluding diaryl/α,β-unsaturated/α-hetero) is 1. The second-order valence-electron chi connectivity index (χ2n) is 5.53. The molecule has 0 N–H and O–H groups in total. The van der Waals surface area contributed by atoms with Crippen molar-refractivity contribution in [3.8, 4) is 5.75 Å². The Labute approximate surface area is 119 Å². The molecule has 20 heavy (non-hydrogen) atoms. The van der Waals surface area contributed by atoms with Crippen molar-refractivity contribution in [3.05, 3.63) is 29.8 Å². The normalized spacial score (nSPS) is 26.2. The van der Waals surface area contributed by atoms with Gasteiger partial charge in [0.25, 0.3) is 0 Å². The lowest BCUT2D eigenvalue weighted by Crippen LogP contribution is -2.50. The Kier molecular flexibility index (Phi) is 4.03. The van der Waals surface area contributed by atoms with Crippen LogP contribution in [-0.2, 0) is 4.74 Å². The average molecular weight is 275 g/mol. The summed E-state index contributed by atoms with van der Waals surface area (Å²) in [6, 6.07) is 7.83. The first-order valence-corrected chi connectivity index (χ1v) is 7.31. The van der Waals surface area contributed by atoms with Crippen LogP contribution in [0.25, 0.3) is 0 Å². The zero-order chi connectivity index (χ0) is 13.9. The molecule has 1 aromatic carbocycles. The molecule has 1 saturated heterocycles. The van der Waals surface area contributed by atoms with Crippen molar-refractivity contribution in [1.29, 1.82) is 0 Å². The molecule has 1 saturated carbocycles. The number of benzene rings is 1. The van der Waals surface area contributed by atoms with E-state index in [1.807, 2.05) is 24.3 Å². The van der Waals surface area contributed by atoms with E-state index in [4.69, 9.17) is 9.47 Å². The van der Waals surface area contributed by atoms with Gasteiger partial charge in [-0.3, -0.25) is 9.69 Å². The molecule has 0 radical (unpaired) electrons. The van der Waals surface area contributed by atoms with E-state index in [0.29, 0.717) is 18.7 Å². The molecule has 1 aliphatic carbocycles. The number of carbonyl (C=O) groups excluding carboxylic acids is 1. The predicted octanol–water partition coefficient (Wildman–Crippen LogP) is 2.13. The van der Waals surface area contributed by atoms with Crippen LogP contribution in [0.5, 0.6) is 5.75 Å². The third-order valence-corrected chi connectivity index (χ3v) is 4.34. The summed E-state index contributed by atoms with van der Waals surface area (Å²) < 4.78 is 11.0. The van der Waals surface area contributed by atoms with E-state index in [1.165, 1.54) is 6.42 Å². The molecule has 0 spiro atoms. The lowest BCUT2D eigenvalue weighted by molar-refractivity contribution is -0.0522. The number of fused-ring (bicyclic) bond motifs is 1. The molecule has 0 bridgehead atoms. The highest BCUT2D eigenvalue weighted by molar-refractivity contribution is 5.98. The number of hydrogen-bond acceptors (Lipinski definition) is 4. The van der Waals surface area contributed by atoms with E-state index >= 15 is 0 Å². The maximum atomic E-state index is 12.4. The maximum absolute atomic E-state index is 12.4. The summed E-state index contributed by atoms with van der Waals surface area (Å²) in [5.41, 5.74) is 0.727. The molecule has 2 fully saturated rings. The first kappa shape index (κ1) is 13.6. The van der Waals surface area contributed by atoms with Crippen LogP contribution in [0.2, 0.25) is 0 Å². The van der Waals surface area contributed by atoms with Crippen molar-refractivity contribution in [2.45, 2.75) is 31.4 Å². The summed E-state index contributed by atoms with van der Waals surface area (Å²) in [4.78, 5) is 14.7. The second-order valence-corrected chi connectivity index (χ2v) is 5.53. The topological polar surface area (TPSA) is 38.8 Å². The van der Waals surface area contributed by atoms with Crippen LogP contribution >= 0.6 is 0 Å². The van der Waals surface area contributed by atoms with Gasteiger partial charge in [-0.2, -0.15) is 0 Å². The van der Waals surface area contributed by atoms with E-state index < -0.39 is 0 Å². The maximum Gasteiger partial charge on any atom is 0.176 e. The van der Waals surface area contributed by atoms with Crippen LogP contribution in [0.1, 0.15) is 29.6 Å². The lowest BCUT2D eigenvalue weighted by Gasteiger charge is -2.37. The molecule has 2 atom stereocenters. The van der Waals surface area contributed by atoms with Crippen molar-refractivity contribution < 1.29 is 14.3 Å². The van der Waals surface area contributed by atoms with Gasteiger partial charge in [0, 0.05) is 18.2 Å². The molecule has 4 heteroatoms. The van der Waals surface area contributed by atoms with Gasteiger partial charge in [0.05, 0.1) is 26.4 Å². The number of rotatable bonds is 4. The van der Waals surface area contributed by atoms with Crippen LogP contribution in [-0.4, -0.2) is 49.6 Å². The molecule has 0 amide bonds. The number of nitrogens with zero attached hydrogens (tertiary/aromatic N) is 1. The van der Waals surface area contributed by atoms with Gasteiger partial charge in [-0.15, -0.1) is 0 Å². The first-order valence-electron chi connectivity index (χ1n) is 7.31. The lowest BCUT2D eigenvalue weighted by atomic mass is 10.1. The van der Waals surface area contributed by atoms with Gasteiger partial charge >= 0.3 is 0 Å². The standard InChI is InChI=1S/C16H21NO3/c1-19-13-5-2-4-12(10-13)15(18)11-17-8-9-20-16-7-3-6-14(16)17/h2,4-5,10,14,16H,3,6-9,11H2,1H3. The number of methoxy groups -OCH3 is 1. The summed E-state index contributed by atoms with van der Waals surface area (Å²) in [5.74, 6) is 0.896. The van der Waals surface area contributed by atoms with E-state index in [2.05, 4.69) is 4.90 Å². The third kappa shape index (κ3) is 2.72. The summed E-state index contributed by atoms with van der Waals surface area (Å²) in [6.07, 6.45) is 3.82. The molecule has 1 aliphatic heterocycles. The Bertz CT molecular complexity index is 488. The fraction of sp³-hybridized carbons (Fsp3) is 0.562. The fourth-order valence-corrected chi connectivity index (χ4v) is 3.27. The second kappa shape index (κ2) is 5.94. The van der Waals surface area contributed by atoms with Gasteiger partial charge < -0.3 is 9.47 Å². The van der Waals surface area contributed by atoms with Crippen LogP contribution < -0.4 is 4.74 Å². The Morgan fingerprint density at radius 1 is 1.45 bits per heavy atom. The molecular formula is C16H21NO3. The molecule has 3 rings (SSSR count). The van der Waals surface area contributed by atoms with Gasteiger partial charge in [0.2, 0.25) is 0 Å². The van der Waals surface area contributed by atoms with Crippen LogP contribution in [0.3, 0.4) is 0 Å². The van der Waals surface area contributed by atoms with Crippen molar-refractivity contribution in [2.24, 2.45) is 0 Å². The third-order valence-electron chi connectivity index (χ3n) is 4.34. The Balaban J connectivity index is 1.68. The highest BCUT2D eigenvalue weighted by Gasteiger charge is 2.36. The largest absolute Gasteiger partial charge is 0.497 e. The Morgan fingerprint density at radius 3 is 3.20 bits per heavy atom. The Hall–Kier alpha value is -1.39. The van der Waals surface area contributed by atoms with Gasteiger partial charge in [-0.05, 0) is 31.4 Å². The number of ether oxygens (including phenoxy) is 2. The van der Waals surface area contributed by atoms with Crippen molar-refractivity contribution >= 4 is 5.78 Å². The zero-order valence-electron chi connectivity index (χ0n) is 11.9. The molecule has 4 nitrogen and oxygen atoms in total. The minimum atomic E-state index is 0.163. The van der Waals surface area contributed by atoms with Gasteiger partial charge in [0.15, 0.2) is 5.78 Å². The minimum absolute atomic E-state index is 0.163. The molecule has 2 aliphatic rings. The van der Waals surface area contributed by atoms with Crippen molar-refractivity contribution in [1.82, 2.24) is 4.90 Å². The van der Waals surface area contributed by atoms with E-state index in [9.17, 15) is 4.79 Å². The average Bonchev–Trinajstić information content (AvgIpc) is 2.97. The molecule has 2 unspecified atom stereocenters. The summed E-state index contributed by atoms with van der Waals surface area (Å²) in [7, 11) is 1.62. The predicted molar refractivity (Wildman–Crippen MR) is 76.3 cm³/mol. The van der Waals surface area contributed by atoms with E-state index in [-0.39, 0.29) is 5.78 Å². The zero-order valence-corrected chi connectivity index (χ0v) is 11.9. The highest BCUT2D eigenvalue weighted by Crippen LogP contribution is 2.29. The fourth-order valence-electron chi connectivity index (χ4n) is 3.27. The van der Waals surface area contributed by atoms with Crippen LogP contribution in [0, 0.1) is 0 Å². The first-order chi connectivity index (χ1) is 9.78. The van der Waals surface area contributed by atoms with Crippen molar-refractivity contribution in [2.75, 3.05) is 26.8 Å². The SMILES string of the molecule is COc1cccc(C(=O)CN2CCOC3CCCC32)c1. The molecule has 1 heterocycles. The number of carbonyl (C=O) groups is 1. The Morgan fingerprint density at radius 2 is 2.35 bits per heavy atom. The smallest absolute Gasteiger partial charge is 0.176 e. The minimum Gasteiger partial charge on any atom is -0.497 e. The number of morpholine rings is 1. The summed E-state index contributed by atoms with van der Waals surface area (Å²) >= 11 is 0. The van der Waals surface area contributed by atoms with Gasteiger partial charge in [0.1, 0.15) is 5.75 Å². The molecular weight excluding hydrogens is 254 g/mol. The number of ketones is 1. The molecule has 108 valence electrons. The van der Waals surface area contributed by atoms with E-state index in [1.54, 1.807) is 7.11 Å². The van der Waals surface area contributed by atoms with Gasteiger partial charge in [-0.1, -0.05) is 12.1 Å². The van der Waals surface area contributed by atoms with Crippen molar-refractivity contribution in [3.63, 3.8) is 0 Å². The van der Waals surface area contributed by atoms with Crippen LogP contribution in [0.4, 0.5) is 0 Å². The number of hydrogen-bond donors (Lipinski definition) is 0. The quantitative estimate of drug-likeness (QED) is 0.789. The van der Waals surface area contributed by atoms with E-state index in [0.717, 1.165) is 37.3 Å². The molecule has 0 aromatic heterocycles. The monoisotopic (exact) mass is 275 g/mol. The molecule has 1 aromatic rings. The summed E-state index contributed by atoms with van der Waals surface area (Å²) in [6.45, 7) is 2.08.